The summed E-state index contributed by atoms with van der Waals surface area (Å²) < 4.78 is 5.10. The number of alkyl carbamates (subject to hydrolysis) is 1. The van der Waals surface area contributed by atoms with Crippen molar-refractivity contribution < 1.29 is 9.53 Å². The summed E-state index contributed by atoms with van der Waals surface area (Å²) in [4.78, 5) is 11.3. The predicted octanol–water partition coefficient (Wildman–Crippen LogP) is 2.34. The molecule has 0 spiro atoms. The first-order valence-electron chi connectivity index (χ1n) is 5.60. The number of nitrogens with one attached hydrogen (secondary N) is 2. The zero-order valence-electron chi connectivity index (χ0n) is 10.5. The van der Waals surface area contributed by atoms with Crippen LogP contribution in [0.4, 0.5) is 4.79 Å². The molecule has 94 valence electrons. The molecular weight excluding hydrogens is 218 g/mol. The van der Waals surface area contributed by atoms with Crippen molar-refractivity contribution >= 4 is 12.2 Å². The molecule has 1 rings (SSSR count). The Kier molecular flexibility index (Phi) is 4.75. The summed E-state index contributed by atoms with van der Waals surface area (Å²) in [6.45, 7) is 6.07. The maximum atomic E-state index is 11.3. The molecule has 0 aromatic carbocycles. The Morgan fingerprint density at radius 2 is 2.35 bits per heavy atom. The number of amides is 1. The van der Waals surface area contributed by atoms with Crippen molar-refractivity contribution in [1.29, 1.82) is 0 Å². The molecule has 0 saturated carbocycles. The lowest BCUT2D eigenvalue weighted by Crippen LogP contribution is -2.32. The largest absolute Gasteiger partial charge is 0.444 e. The minimum atomic E-state index is -0.449. The number of carbonyl (C=O) groups excluding carboxylic acids is 1. The second kappa shape index (κ2) is 6.08. The number of carbonyl (C=O) groups is 1. The van der Waals surface area contributed by atoms with Gasteiger partial charge in [0.1, 0.15) is 5.60 Å². The summed E-state index contributed by atoms with van der Waals surface area (Å²) >= 11 is 0. The third kappa shape index (κ3) is 6.40. The van der Waals surface area contributed by atoms with Gasteiger partial charge < -0.3 is 10.1 Å². The molecular formula is C12H19N3O2. The van der Waals surface area contributed by atoms with E-state index >= 15 is 0 Å². The highest BCUT2D eigenvalue weighted by Gasteiger charge is 2.14. The van der Waals surface area contributed by atoms with E-state index in [2.05, 4.69) is 15.5 Å². The van der Waals surface area contributed by atoms with Gasteiger partial charge in [-0.05, 0) is 39.3 Å². The lowest BCUT2D eigenvalue weighted by Gasteiger charge is -2.19. The molecule has 1 aromatic rings. The Balaban J connectivity index is 2.14. The number of rotatable bonds is 4. The fraction of sp³-hybridized carbons (Fsp3) is 0.500. The summed E-state index contributed by atoms with van der Waals surface area (Å²) in [5.41, 5.74) is 0.498. The molecule has 17 heavy (non-hydrogen) atoms. The molecule has 1 amide bonds. The molecule has 2 N–H and O–H groups in total. The predicted molar refractivity (Wildman–Crippen MR) is 66.5 cm³/mol. The van der Waals surface area contributed by atoms with Crippen LogP contribution in [0.15, 0.2) is 18.3 Å². The first-order valence-corrected chi connectivity index (χ1v) is 5.60. The van der Waals surface area contributed by atoms with E-state index < -0.39 is 5.60 Å². The first-order chi connectivity index (χ1) is 7.97. The van der Waals surface area contributed by atoms with E-state index in [1.807, 2.05) is 39.0 Å². The number of hydrogen-bond donors (Lipinski definition) is 2. The molecule has 0 unspecified atom stereocenters. The lowest BCUT2D eigenvalue weighted by atomic mass is 10.2. The highest BCUT2D eigenvalue weighted by Crippen LogP contribution is 2.06. The quantitative estimate of drug-likeness (QED) is 0.790. The van der Waals surface area contributed by atoms with Gasteiger partial charge in [0.2, 0.25) is 0 Å². The lowest BCUT2D eigenvalue weighted by molar-refractivity contribution is 0.0529. The normalized spacial score (nSPS) is 11.7. The molecule has 0 aliphatic rings. The summed E-state index contributed by atoms with van der Waals surface area (Å²) in [7, 11) is 0. The average Bonchev–Trinajstić information content (AvgIpc) is 2.67. The van der Waals surface area contributed by atoms with Crippen molar-refractivity contribution in [3.63, 3.8) is 0 Å². The maximum absolute atomic E-state index is 11.3. The van der Waals surface area contributed by atoms with Crippen molar-refractivity contribution in [1.82, 2.24) is 15.5 Å². The van der Waals surface area contributed by atoms with Crippen LogP contribution >= 0.6 is 0 Å². The molecule has 1 aromatic heterocycles. The van der Waals surface area contributed by atoms with Crippen LogP contribution in [0.1, 0.15) is 32.9 Å². The van der Waals surface area contributed by atoms with Crippen LogP contribution in [0, 0.1) is 0 Å². The van der Waals surface area contributed by atoms with Crippen molar-refractivity contribution in [3.05, 3.63) is 24.0 Å². The van der Waals surface area contributed by atoms with Crippen LogP contribution in [0.25, 0.3) is 6.08 Å². The van der Waals surface area contributed by atoms with Crippen LogP contribution in [-0.2, 0) is 4.74 Å². The van der Waals surface area contributed by atoms with Crippen molar-refractivity contribution in [3.8, 4) is 0 Å². The van der Waals surface area contributed by atoms with Gasteiger partial charge in [-0.3, -0.25) is 5.10 Å². The molecule has 5 nitrogen and oxygen atoms in total. The topological polar surface area (TPSA) is 67.0 Å². The minimum Gasteiger partial charge on any atom is -0.444 e. The highest BCUT2D eigenvalue weighted by molar-refractivity contribution is 5.67. The molecule has 0 radical (unpaired) electrons. The second-order valence-corrected chi connectivity index (χ2v) is 4.63. The van der Waals surface area contributed by atoms with Crippen LogP contribution in [0.5, 0.6) is 0 Å². The van der Waals surface area contributed by atoms with Gasteiger partial charge in [0.25, 0.3) is 0 Å². The standard InChI is InChI=1S/C12H19N3O2/c1-12(2,3)17-11(16)13-8-5-4-6-10-7-9-14-15-10/h4,6-7,9H,5,8H2,1-3H3,(H,13,16)(H,14,15). The summed E-state index contributed by atoms with van der Waals surface area (Å²) in [5, 5.41) is 9.32. The molecule has 0 saturated heterocycles. The number of H-pyrrole nitrogens is 1. The Morgan fingerprint density at radius 1 is 1.59 bits per heavy atom. The molecule has 0 aliphatic carbocycles. The highest BCUT2D eigenvalue weighted by atomic mass is 16.6. The monoisotopic (exact) mass is 237 g/mol. The zero-order valence-corrected chi connectivity index (χ0v) is 10.5. The third-order valence-electron chi connectivity index (χ3n) is 1.80. The smallest absolute Gasteiger partial charge is 0.407 e. The Hall–Kier alpha value is -1.78. The van der Waals surface area contributed by atoms with Crippen molar-refractivity contribution in [2.24, 2.45) is 0 Å². The Bertz CT molecular complexity index is 364. The van der Waals surface area contributed by atoms with Gasteiger partial charge in [0, 0.05) is 12.7 Å². The van der Waals surface area contributed by atoms with Crippen LogP contribution in [-0.4, -0.2) is 28.4 Å². The molecule has 0 aliphatic heterocycles. The molecule has 0 bridgehead atoms. The number of aromatic amines is 1. The average molecular weight is 237 g/mol. The van der Waals surface area contributed by atoms with E-state index in [0.717, 1.165) is 12.1 Å². The van der Waals surface area contributed by atoms with Gasteiger partial charge in [-0.1, -0.05) is 6.08 Å². The fourth-order valence-electron chi connectivity index (χ4n) is 1.14. The molecule has 0 atom stereocenters. The second-order valence-electron chi connectivity index (χ2n) is 4.63. The first kappa shape index (κ1) is 13.3. The molecule has 1 heterocycles. The van der Waals surface area contributed by atoms with Gasteiger partial charge in [0.15, 0.2) is 0 Å². The summed E-state index contributed by atoms with van der Waals surface area (Å²) in [6.07, 6.45) is 5.94. The molecule has 0 fully saturated rings. The van der Waals surface area contributed by atoms with Gasteiger partial charge in [-0.2, -0.15) is 5.10 Å². The number of nitrogens with zero attached hydrogens (tertiary/aromatic N) is 1. The van der Waals surface area contributed by atoms with E-state index in [9.17, 15) is 4.79 Å². The van der Waals surface area contributed by atoms with E-state index in [-0.39, 0.29) is 6.09 Å². The van der Waals surface area contributed by atoms with Crippen LogP contribution in [0.3, 0.4) is 0 Å². The van der Waals surface area contributed by atoms with Gasteiger partial charge in [0.05, 0.1) is 5.69 Å². The van der Waals surface area contributed by atoms with E-state index in [1.165, 1.54) is 0 Å². The fourth-order valence-corrected chi connectivity index (χ4v) is 1.14. The van der Waals surface area contributed by atoms with Crippen LogP contribution in [0.2, 0.25) is 0 Å². The van der Waals surface area contributed by atoms with Crippen LogP contribution < -0.4 is 5.32 Å². The Labute approximate surface area is 101 Å². The SMILES string of the molecule is CC(C)(C)OC(=O)NCCC=Cc1ccn[nH]1. The number of hydrogen-bond acceptors (Lipinski definition) is 3. The minimum absolute atomic E-state index is 0.382. The van der Waals surface area contributed by atoms with E-state index in [4.69, 9.17) is 4.74 Å². The van der Waals surface area contributed by atoms with Crippen molar-refractivity contribution in [2.45, 2.75) is 32.8 Å². The summed E-state index contributed by atoms with van der Waals surface area (Å²) in [6, 6.07) is 1.87. The zero-order chi connectivity index (χ0) is 12.7. The number of aromatic nitrogens is 2. The van der Waals surface area contributed by atoms with Gasteiger partial charge in [-0.15, -0.1) is 0 Å². The maximum Gasteiger partial charge on any atom is 0.407 e. The Morgan fingerprint density at radius 3 is 2.94 bits per heavy atom. The van der Waals surface area contributed by atoms with E-state index in [0.29, 0.717) is 6.54 Å². The molecule has 5 heteroatoms. The third-order valence-corrected chi connectivity index (χ3v) is 1.80. The van der Waals surface area contributed by atoms with Gasteiger partial charge >= 0.3 is 6.09 Å². The van der Waals surface area contributed by atoms with E-state index in [1.54, 1.807) is 6.20 Å². The van der Waals surface area contributed by atoms with Crippen molar-refractivity contribution in [2.75, 3.05) is 6.54 Å². The van der Waals surface area contributed by atoms with Gasteiger partial charge in [-0.25, -0.2) is 4.79 Å². The summed E-state index contributed by atoms with van der Waals surface area (Å²) in [5.74, 6) is 0. The number of ether oxygens (including phenoxy) is 1.